The molecule has 2 nitrogen and oxygen atoms in total. The molecule has 0 fully saturated rings. The first-order valence-corrected chi connectivity index (χ1v) is 11.6. The highest BCUT2D eigenvalue weighted by molar-refractivity contribution is 5.76. The van der Waals surface area contributed by atoms with E-state index < -0.39 is 52.8 Å². The van der Waals surface area contributed by atoms with E-state index in [1.807, 2.05) is 6.92 Å². The Morgan fingerprint density at radius 3 is 2.12 bits per heavy atom. The van der Waals surface area contributed by atoms with E-state index in [9.17, 15) is 4.39 Å². The third kappa shape index (κ3) is 4.10. The fraction of sp³-hybridized carbons (Fsp3) is 0.407. The highest BCUT2D eigenvalue weighted by atomic mass is 19.2. The Bertz CT molecular complexity index is 1140. The maximum absolute atomic E-state index is 15.7. The number of hydrogen-bond donors (Lipinski definition) is 0. The maximum atomic E-state index is 15.7. The minimum Gasteiger partial charge on any atom is -0.494 e. The first-order chi connectivity index (χ1) is 16.3. The Hall–Kier alpha value is -2.83. The highest BCUT2D eigenvalue weighted by Crippen LogP contribution is 2.53. The van der Waals surface area contributed by atoms with Crippen LogP contribution in [0, 0.1) is 17.6 Å². The molecule has 0 amide bonds. The van der Waals surface area contributed by atoms with Gasteiger partial charge in [0.15, 0.2) is 23.9 Å². The number of ether oxygens (including phenoxy) is 2. The second-order valence-electron chi connectivity index (χ2n) is 8.64. The lowest BCUT2D eigenvalue weighted by Gasteiger charge is -2.31. The van der Waals surface area contributed by atoms with Crippen molar-refractivity contribution in [1.82, 2.24) is 0 Å². The molecule has 0 heterocycles. The predicted molar refractivity (Wildman–Crippen MR) is 121 cm³/mol. The fourth-order valence-corrected chi connectivity index (χ4v) is 4.73. The number of allylic oxidation sites excluding steroid dienone is 3. The van der Waals surface area contributed by atoms with E-state index in [0.717, 1.165) is 12.8 Å². The quantitative estimate of drug-likeness (QED) is 0.294. The average molecular weight is 479 g/mol. The van der Waals surface area contributed by atoms with Crippen LogP contribution in [0.3, 0.4) is 0 Å². The Balaban J connectivity index is 1.75. The van der Waals surface area contributed by atoms with Gasteiger partial charge in [0.2, 0.25) is 0 Å². The van der Waals surface area contributed by atoms with Crippen LogP contribution in [-0.2, 0) is 4.74 Å². The highest BCUT2D eigenvalue weighted by Gasteiger charge is 2.41. The van der Waals surface area contributed by atoms with E-state index in [-0.39, 0.29) is 29.0 Å². The van der Waals surface area contributed by atoms with Crippen molar-refractivity contribution in [1.29, 1.82) is 0 Å². The molecule has 0 bridgehead atoms. The summed E-state index contributed by atoms with van der Waals surface area (Å²) in [5.41, 5.74) is -0.982. The molecular weight excluding hydrogens is 451 g/mol. The molecule has 0 saturated carbocycles. The van der Waals surface area contributed by atoms with Crippen LogP contribution in [-0.4, -0.2) is 13.2 Å². The van der Waals surface area contributed by atoms with E-state index in [4.69, 9.17) is 9.47 Å². The van der Waals surface area contributed by atoms with Gasteiger partial charge in [0.25, 0.3) is 0 Å². The fourth-order valence-electron chi connectivity index (χ4n) is 4.73. The number of fused-ring (bicyclic) bond motifs is 3. The lowest BCUT2D eigenvalue weighted by molar-refractivity contribution is 0.158. The molecule has 0 saturated heterocycles. The van der Waals surface area contributed by atoms with E-state index >= 15 is 17.6 Å². The van der Waals surface area contributed by atoms with Crippen molar-refractivity contribution < 1.29 is 31.4 Å². The van der Waals surface area contributed by atoms with Crippen LogP contribution in [0.4, 0.5) is 22.0 Å². The molecule has 0 radical (unpaired) electrons. The van der Waals surface area contributed by atoms with Crippen LogP contribution >= 0.6 is 0 Å². The van der Waals surface area contributed by atoms with Crippen LogP contribution in [0.5, 0.6) is 5.75 Å². The van der Waals surface area contributed by atoms with Gasteiger partial charge in [-0.05, 0) is 48.1 Å². The molecule has 2 aromatic rings. The van der Waals surface area contributed by atoms with Crippen LogP contribution in [0.1, 0.15) is 68.6 Å². The smallest absolute Gasteiger partial charge is 0.171 e. The van der Waals surface area contributed by atoms with Crippen molar-refractivity contribution in [2.24, 2.45) is 5.92 Å². The van der Waals surface area contributed by atoms with E-state index in [1.54, 1.807) is 19.9 Å². The van der Waals surface area contributed by atoms with Gasteiger partial charge >= 0.3 is 0 Å². The number of benzene rings is 2. The first kappa shape index (κ1) is 24.3. The topological polar surface area (TPSA) is 18.5 Å². The van der Waals surface area contributed by atoms with Gasteiger partial charge in [-0.3, -0.25) is 0 Å². The van der Waals surface area contributed by atoms with Crippen LogP contribution in [0.25, 0.3) is 11.1 Å². The minimum absolute atomic E-state index is 0.0478. The Labute approximate surface area is 196 Å². The van der Waals surface area contributed by atoms with Crippen LogP contribution in [0.15, 0.2) is 48.0 Å². The molecule has 0 N–H and O–H groups in total. The number of hydrogen-bond acceptors (Lipinski definition) is 2. The summed E-state index contributed by atoms with van der Waals surface area (Å²) in [7, 11) is 0. The molecular formula is C27H27F5O2. The van der Waals surface area contributed by atoms with Crippen LogP contribution < -0.4 is 4.74 Å². The average Bonchev–Trinajstić information content (AvgIpc) is 2.79. The summed E-state index contributed by atoms with van der Waals surface area (Å²) in [5.74, 6) is -3.94. The van der Waals surface area contributed by atoms with Gasteiger partial charge in [0.1, 0.15) is 17.4 Å². The van der Waals surface area contributed by atoms with Gasteiger partial charge in [0.05, 0.1) is 13.2 Å². The first-order valence-electron chi connectivity index (χ1n) is 11.6. The van der Waals surface area contributed by atoms with Gasteiger partial charge in [-0.25, -0.2) is 22.0 Å². The molecule has 0 aliphatic heterocycles. The molecule has 182 valence electrons. The molecule has 0 aromatic heterocycles. The Morgan fingerprint density at radius 1 is 0.853 bits per heavy atom. The number of unbranched alkanes of at least 4 members (excludes halogenated alkanes) is 1. The summed E-state index contributed by atoms with van der Waals surface area (Å²) in [5, 5.41) is 0. The largest absolute Gasteiger partial charge is 0.494 e. The SMILES string of the molecule is CCCCOC1=CC(C)C(c2ccc3c(c2F)C(F)C(F)c2c-3ccc(OCC)c2F)C(F)=C1. The van der Waals surface area contributed by atoms with Crippen molar-refractivity contribution in [3.8, 4) is 16.9 Å². The van der Waals surface area contributed by atoms with Crippen molar-refractivity contribution in [3.05, 3.63) is 76.3 Å². The summed E-state index contributed by atoms with van der Waals surface area (Å²) >= 11 is 0. The molecule has 4 atom stereocenters. The number of rotatable bonds is 7. The van der Waals surface area contributed by atoms with Gasteiger partial charge < -0.3 is 9.47 Å². The zero-order chi connectivity index (χ0) is 24.6. The molecule has 0 spiro atoms. The van der Waals surface area contributed by atoms with Crippen molar-refractivity contribution in [2.45, 2.75) is 51.9 Å². The van der Waals surface area contributed by atoms with Crippen molar-refractivity contribution >= 4 is 0 Å². The maximum Gasteiger partial charge on any atom is 0.171 e. The summed E-state index contributed by atoms with van der Waals surface area (Å²) in [6.07, 6.45) is -0.200. The Morgan fingerprint density at radius 2 is 1.50 bits per heavy atom. The predicted octanol–water partition coefficient (Wildman–Crippen LogP) is 8.35. The van der Waals surface area contributed by atoms with E-state index in [2.05, 4.69) is 0 Å². The molecule has 2 aromatic carbocycles. The van der Waals surface area contributed by atoms with E-state index in [1.165, 1.54) is 30.3 Å². The third-order valence-electron chi connectivity index (χ3n) is 6.38. The Kier molecular flexibility index (Phi) is 7.01. The summed E-state index contributed by atoms with van der Waals surface area (Å²) in [4.78, 5) is 0. The zero-order valence-electron chi connectivity index (χ0n) is 19.3. The normalized spacial score (nSPS) is 23.5. The molecule has 4 rings (SSSR count). The molecule has 7 heteroatoms. The van der Waals surface area contributed by atoms with Crippen molar-refractivity contribution in [3.63, 3.8) is 0 Å². The summed E-state index contributed by atoms with van der Waals surface area (Å²) < 4.78 is 86.7. The van der Waals surface area contributed by atoms with Gasteiger partial charge in [-0.15, -0.1) is 0 Å². The lowest BCUT2D eigenvalue weighted by atomic mass is 9.77. The summed E-state index contributed by atoms with van der Waals surface area (Å²) in [6.45, 7) is 5.96. The molecule has 4 unspecified atom stereocenters. The van der Waals surface area contributed by atoms with E-state index in [0.29, 0.717) is 12.4 Å². The second kappa shape index (κ2) is 9.80. The van der Waals surface area contributed by atoms with Crippen molar-refractivity contribution in [2.75, 3.05) is 13.2 Å². The minimum atomic E-state index is -2.44. The van der Waals surface area contributed by atoms with Crippen LogP contribution in [0.2, 0.25) is 0 Å². The summed E-state index contributed by atoms with van der Waals surface area (Å²) in [6, 6.07) is 5.48. The monoisotopic (exact) mass is 478 g/mol. The molecule has 2 aliphatic rings. The van der Waals surface area contributed by atoms with Gasteiger partial charge in [-0.1, -0.05) is 38.5 Å². The molecule has 34 heavy (non-hydrogen) atoms. The zero-order valence-corrected chi connectivity index (χ0v) is 19.3. The number of halogens is 5. The van der Waals surface area contributed by atoms with Gasteiger partial charge in [0, 0.05) is 23.1 Å². The second-order valence-corrected chi connectivity index (χ2v) is 8.64. The lowest BCUT2D eigenvalue weighted by Crippen LogP contribution is -2.20. The number of alkyl halides is 2. The van der Waals surface area contributed by atoms with Gasteiger partial charge in [-0.2, -0.15) is 0 Å². The standard InChI is InChI=1S/C27H27F5O2/c1-4-6-11-34-15-12-14(3)21(19(28)13-15)18-8-7-16-17-9-10-20(33-5-2)25(30)23(17)27(32)26(31)22(16)24(18)29/h7-10,12-14,21,26-27H,4-6,11H2,1-3H3. The third-order valence-corrected chi connectivity index (χ3v) is 6.38. The molecule has 2 aliphatic carbocycles.